The van der Waals surface area contributed by atoms with Crippen LogP contribution in [-0.4, -0.2) is 36.2 Å². The summed E-state index contributed by atoms with van der Waals surface area (Å²) >= 11 is 0. The van der Waals surface area contributed by atoms with Crippen molar-refractivity contribution >= 4 is 11.5 Å². The van der Waals surface area contributed by atoms with Gasteiger partial charge in [0.1, 0.15) is 0 Å². The van der Waals surface area contributed by atoms with Gasteiger partial charge in [0.15, 0.2) is 0 Å². The van der Waals surface area contributed by atoms with Gasteiger partial charge in [0.2, 0.25) is 0 Å². The van der Waals surface area contributed by atoms with Crippen LogP contribution in [-0.2, 0) is 11.3 Å². The van der Waals surface area contributed by atoms with Crippen LogP contribution in [0.25, 0.3) is 0 Å². The van der Waals surface area contributed by atoms with E-state index in [-0.39, 0.29) is 6.54 Å². The number of hydrogen-bond acceptors (Lipinski definition) is 3. The summed E-state index contributed by atoms with van der Waals surface area (Å²) in [6.45, 7) is 2.22. The molecule has 0 spiro atoms. The molecule has 26 heavy (non-hydrogen) atoms. The van der Waals surface area contributed by atoms with Gasteiger partial charge in [-0.25, -0.2) is 0 Å². The SMILES string of the molecule is O=C(/C=C1/CN(c2ccn(Cc3ccccc3)c2)CCCN1)C(F)(F)F. The Morgan fingerprint density at radius 1 is 1.19 bits per heavy atom. The molecule has 1 aromatic carbocycles. The molecule has 1 fully saturated rings. The number of rotatable bonds is 4. The second kappa shape index (κ2) is 7.68. The number of anilines is 1. The summed E-state index contributed by atoms with van der Waals surface area (Å²) < 4.78 is 39.5. The lowest BCUT2D eigenvalue weighted by atomic mass is 10.2. The zero-order valence-electron chi connectivity index (χ0n) is 14.2. The van der Waals surface area contributed by atoms with Crippen LogP contribution in [0.4, 0.5) is 18.9 Å². The predicted octanol–water partition coefficient (Wildman–Crippen LogP) is 3.35. The van der Waals surface area contributed by atoms with Crippen molar-refractivity contribution in [1.29, 1.82) is 0 Å². The highest BCUT2D eigenvalue weighted by Crippen LogP contribution is 2.21. The Balaban J connectivity index is 1.72. The summed E-state index contributed by atoms with van der Waals surface area (Å²) in [7, 11) is 0. The Bertz CT molecular complexity index is 781. The molecule has 0 aliphatic carbocycles. The van der Waals surface area contributed by atoms with Gasteiger partial charge in [0, 0.05) is 43.8 Å². The highest BCUT2D eigenvalue weighted by atomic mass is 19.4. The first-order chi connectivity index (χ1) is 12.4. The van der Waals surface area contributed by atoms with E-state index in [0.717, 1.165) is 18.7 Å². The Hall–Kier alpha value is -2.70. The fourth-order valence-electron chi connectivity index (χ4n) is 2.92. The molecule has 2 heterocycles. The summed E-state index contributed by atoms with van der Waals surface area (Å²) in [5.74, 6) is -1.83. The largest absolute Gasteiger partial charge is 0.454 e. The molecule has 7 heteroatoms. The Kier molecular flexibility index (Phi) is 5.35. The Labute approximate surface area is 149 Å². The number of nitrogens with one attached hydrogen (secondary N) is 1. The molecule has 0 amide bonds. The van der Waals surface area contributed by atoms with Crippen LogP contribution < -0.4 is 10.2 Å². The number of hydrogen-bond donors (Lipinski definition) is 1. The molecule has 1 N–H and O–H groups in total. The minimum absolute atomic E-state index is 0.247. The van der Waals surface area contributed by atoms with Crippen LogP contribution >= 0.6 is 0 Å². The van der Waals surface area contributed by atoms with E-state index in [1.807, 2.05) is 58.3 Å². The van der Waals surface area contributed by atoms with Gasteiger partial charge in [-0.3, -0.25) is 4.79 Å². The van der Waals surface area contributed by atoms with Gasteiger partial charge in [0.05, 0.1) is 12.2 Å². The van der Waals surface area contributed by atoms with E-state index in [0.29, 0.717) is 24.9 Å². The van der Waals surface area contributed by atoms with Crippen LogP contribution in [0.2, 0.25) is 0 Å². The summed E-state index contributed by atoms with van der Waals surface area (Å²) in [5, 5.41) is 2.92. The van der Waals surface area contributed by atoms with Crippen molar-refractivity contribution in [3.05, 3.63) is 66.1 Å². The summed E-state index contributed by atoms with van der Waals surface area (Å²) in [5.41, 5.74) is 2.39. The van der Waals surface area contributed by atoms with Crippen LogP contribution in [0, 0.1) is 0 Å². The maximum atomic E-state index is 12.5. The van der Waals surface area contributed by atoms with Crippen molar-refractivity contribution < 1.29 is 18.0 Å². The first kappa shape index (κ1) is 18.1. The van der Waals surface area contributed by atoms with Gasteiger partial charge in [0.25, 0.3) is 5.78 Å². The third kappa shape index (κ3) is 4.68. The number of carbonyl (C=O) groups is 1. The van der Waals surface area contributed by atoms with E-state index in [2.05, 4.69) is 5.32 Å². The van der Waals surface area contributed by atoms with Gasteiger partial charge in [-0.1, -0.05) is 30.3 Å². The second-order valence-corrected chi connectivity index (χ2v) is 6.26. The molecule has 3 rings (SSSR count). The zero-order valence-corrected chi connectivity index (χ0v) is 14.2. The van der Waals surface area contributed by atoms with E-state index in [1.54, 1.807) is 0 Å². The maximum Gasteiger partial charge on any atom is 0.454 e. The Morgan fingerprint density at radius 2 is 1.96 bits per heavy atom. The highest BCUT2D eigenvalue weighted by Gasteiger charge is 2.37. The van der Waals surface area contributed by atoms with Crippen molar-refractivity contribution in [2.45, 2.75) is 19.1 Å². The van der Waals surface area contributed by atoms with Gasteiger partial charge in [-0.05, 0) is 18.1 Å². The van der Waals surface area contributed by atoms with Gasteiger partial charge < -0.3 is 14.8 Å². The van der Waals surface area contributed by atoms with Crippen LogP contribution in [0.1, 0.15) is 12.0 Å². The Morgan fingerprint density at radius 3 is 2.69 bits per heavy atom. The maximum absolute atomic E-state index is 12.5. The smallest absolute Gasteiger partial charge is 0.387 e. The van der Waals surface area contributed by atoms with Crippen LogP contribution in [0.15, 0.2) is 60.6 Å². The molecule has 138 valence electrons. The average molecular weight is 363 g/mol. The molecule has 0 atom stereocenters. The molecule has 0 bridgehead atoms. The number of allylic oxidation sites excluding steroid dienone is 1. The first-order valence-corrected chi connectivity index (χ1v) is 8.42. The standard InChI is InChI=1S/C19H20F3N3O/c20-19(21,22)18(26)11-16-13-25(9-4-8-23-16)17-7-10-24(14-17)12-15-5-2-1-3-6-15/h1-3,5-7,10-11,14,23H,4,8-9,12-13H2/b16-11-. The molecule has 0 unspecified atom stereocenters. The normalized spacial score (nSPS) is 17.0. The number of ketones is 1. The van der Waals surface area contributed by atoms with Gasteiger partial charge in [-0.15, -0.1) is 0 Å². The number of nitrogens with zero attached hydrogens (tertiary/aromatic N) is 2. The van der Waals surface area contributed by atoms with E-state index in [4.69, 9.17) is 0 Å². The van der Waals surface area contributed by atoms with Gasteiger partial charge >= 0.3 is 6.18 Å². The lowest BCUT2D eigenvalue weighted by Crippen LogP contribution is -2.28. The summed E-state index contributed by atoms with van der Waals surface area (Å²) in [6, 6.07) is 11.9. The molecule has 0 saturated carbocycles. The fourth-order valence-corrected chi connectivity index (χ4v) is 2.92. The molecule has 1 aliphatic heterocycles. The molecular weight excluding hydrogens is 343 g/mol. The minimum Gasteiger partial charge on any atom is -0.387 e. The number of carbonyl (C=O) groups excluding carboxylic acids is 1. The first-order valence-electron chi connectivity index (χ1n) is 8.42. The molecule has 4 nitrogen and oxygen atoms in total. The molecule has 1 aliphatic rings. The number of alkyl halides is 3. The van der Waals surface area contributed by atoms with E-state index in [1.165, 1.54) is 5.56 Å². The van der Waals surface area contributed by atoms with E-state index in [9.17, 15) is 18.0 Å². The third-order valence-electron chi connectivity index (χ3n) is 4.21. The second-order valence-electron chi connectivity index (χ2n) is 6.26. The van der Waals surface area contributed by atoms with Crippen molar-refractivity contribution in [1.82, 2.24) is 9.88 Å². The van der Waals surface area contributed by atoms with E-state index >= 15 is 0 Å². The highest BCUT2D eigenvalue weighted by molar-refractivity contribution is 5.95. The average Bonchev–Trinajstić information content (AvgIpc) is 2.93. The van der Waals surface area contributed by atoms with E-state index < -0.39 is 12.0 Å². The predicted molar refractivity (Wildman–Crippen MR) is 94.0 cm³/mol. The lowest BCUT2D eigenvalue weighted by molar-refractivity contribution is -0.165. The molecule has 2 aromatic rings. The zero-order chi connectivity index (χ0) is 18.6. The molecule has 1 aromatic heterocycles. The lowest BCUT2D eigenvalue weighted by Gasteiger charge is -2.21. The monoisotopic (exact) mass is 363 g/mol. The number of halogens is 3. The van der Waals surface area contributed by atoms with Crippen LogP contribution in [0.5, 0.6) is 0 Å². The fraction of sp³-hybridized carbons (Fsp3) is 0.316. The molecule has 1 saturated heterocycles. The van der Waals surface area contributed by atoms with Crippen molar-refractivity contribution in [2.75, 3.05) is 24.5 Å². The third-order valence-corrected chi connectivity index (χ3v) is 4.21. The topological polar surface area (TPSA) is 37.3 Å². The number of benzene rings is 1. The quantitative estimate of drug-likeness (QED) is 0.847. The number of aromatic nitrogens is 1. The van der Waals surface area contributed by atoms with Crippen molar-refractivity contribution in [2.24, 2.45) is 0 Å². The molecular formula is C19H20F3N3O. The van der Waals surface area contributed by atoms with Crippen LogP contribution in [0.3, 0.4) is 0 Å². The van der Waals surface area contributed by atoms with Crippen molar-refractivity contribution in [3.8, 4) is 0 Å². The van der Waals surface area contributed by atoms with Crippen molar-refractivity contribution in [3.63, 3.8) is 0 Å². The summed E-state index contributed by atoms with van der Waals surface area (Å²) in [4.78, 5) is 13.2. The molecule has 0 radical (unpaired) electrons. The minimum atomic E-state index is -4.84. The summed E-state index contributed by atoms with van der Waals surface area (Å²) in [6.07, 6.45) is 0.526. The van der Waals surface area contributed by atoms with Gasteiger partial charge in [-0.2, -0.15) is 13.2 Å².